The first-order valence-electron chi connectivity index (χ1n) is 12.5. The van der Waals surface area contributed by atoms with E-state index >= 15 is 0 Å². The van der Waals surface area contributed by atoms with Gasteiger partial charge in [-0.05, 0) is 48.6 Å². The van der Waals surface area contributed by atoms with E-state index in [2.05, 4.69) is 11.9 Å². The number of aryl methyl sites for hydroxylation is 1. The van der Waals surface area contributed by atoms with Crippen LogP contribution >= 0.6 is 0 Å². The Morgan fingerprint density at radius 1 is 1.11 bits per heavy atom. The number of rotatable bonds is 9. The second-order valence-corrected chi connectivity index (χ2v) is 9.46. The van der Waals surface area contributed by atoms with Crippen LogP contribution in [0.15, 0.2) is 66.9 Å². The molecule has 3 atom stereocenters. The standard InChI is InChI=1S/C29H30N2O5/c1-2-23-17-31(28(32)13-8-19-6-4-3-5-7-19)25-11-9-20(15-26(25)36-23)21-10-12-27(30-16-21)35-18-22-14-24(22)29(33)34/h3-7,9-12,15-16,22-24H,2,8,13-14,17-18H2,1H3,(H,33,34). The van der Waals surface area contributed by atoms with Crippen LogP contribution in [-0.4, -0.2) is 41.2 Å². The zero-order chi connectivity index (χ0) is 25.1. The number of benzene rings is 2. The van der Waals surface area contributed by atoms with Crippen molar-refractivity contribution in [2.24, 2.45) is 11.8 Å². The van der Waals surface area contributed by atoms with Crippen molar-refractivity contribution < 1.29 is 24.2 Å². The molecule has 2 heterocycles. The van der Waals surface area contributed by atoms with E-state index in [0.29, 0.717) is 44.0 Å². The molecule has 3 unspecified atom stereocenters. The Balaban J connectivity index is 1.27. The normalized spacial score (nSPS) is 20.2. The van der Waals surface area contributed by atoms with Gasteiger partial charge >= 0.3 is 5.97 Å². The van der Waals surface area contributed by atoms with Gasteiger partial charge in [-0.2, -0.15) is 0 Å². The third-order valence-corrected chi connectivity index (χ3v) is 6.91. The summed E-state index contributed by atoms with van der Waals surface area (Å²) < 4.78 is 11.9. The van der Waals surface area contributed by atoms with Crippen molar-refractivity contribution in [3.05, 3.63) is 72.4 Å². The zero-order valence-electron chi connectivity index (χ0n) is 20.3. The largest absolute Gasteiger partial charge is 0.486 e. The summed E-state index contributed by atoms with van der Waals surface area (Å²) >= 11 is 0. The maximum Gasteiger partial charge on any atom is 0.306 e. The van der Waals surface area contributed by atoms with Crippen molar-refractivity contribution in [3.8, 4) is 22.8 Å². The molecule has 5 rings (SSSR count). The lowest BCUT2D eigenvalue weighted by Crippen LogP contribution is -2.43. The molecule has 7 heteroatoms. The summed E-state index contributed by atoms with van der Waals surface area (Å²) in [6.45, 7) is 2.98. The molecule has 2 aliphatic rings. The van der Waals surface area contributed by atoms with Gasteiger partial charge in [-0.15, -0.1) is 0 Å². The number of carboxylic acids is 1. The quantitative estimate of drug-likeness (QED) is 0.459. The van der Waals surface area contributed by atoms with Gasteiger partial charge in [-0.25, -0.2) is 4.98 Å². The Hall–Kier alpha value is -3.87. The molecule has 0 bridgehead atoms. The van der Waals surface area contributed by atoms with Crippen LogP contribution in [0, 0.1) is 11.8 Å². The Morgan fingerprint density at radius 3 is 2.61 bits per heavy atom. The molecule has 1 fully saturated rings. The van der Waals surface area contributed by atoms with E-state index in [0.717, 1.165) is 28.8 Å². The van der Waals surface area contributed by atoms with Crippen LogP contribution in [0.3, 0.4) is 0 Å². The third-order valence-electron chi connectivity index (χ3n) is 6.91. The number of fused-ring (bicyclic) bond motifs is 1. The van der Waals surface area contributed by atoms with Crippen LogP contribution in [-0.2, 0) is 16.0 Å². The number of ether oxygens (including phenoxy) is 2. The highest BCUT2D eigenvalue weighted by molar-refractivity contribution is 5.96. The van der Waals surface area contributed by atoms with Gasteiger partial charge in [0.1, 0.15) is 11.9 Å². The van der Waals surface area contributed by atoms with E-state index in [9.17, 15) is 9.59 Å². The molecule has 0 radical (unpaired) electrons. The van der Waals surface area contributed by atoms with Crippen LogP contribution in [0.1, 0.15) is 31.7 Å². The minimum Gasteiger partial charge on any atom is -0.486 e. The van der Waals surface area contributed by atoms with Crippen molar-refractivity contribution in [2.75, 3.05) is 18.1 Å². The number of hydrogen-bond acceptors (Lipinski definition) is 5. The van der Waals surface area contributed by atoms with E-state index in [1.807, 2.05) is 59.5 Å². The zero-order valence-corrected chi connectivity index (χ0v) is 20.3. The van der Waals surface area contributed by atoms with Crippen LogP contribution in [0.5, 0.6) is 11.6 Å². The number of carboxylic acid groups (broad SMARTS) is 1. The highest BCUT2D eigenvalue weighted by atomic mass is 16.5. The fourth-order valence-corrected chi connectivity index (χ4v) is 4.57. The van der Waals surface area contributed by atoms with Gasteiger partial charge in [0.25, 0.3) is 0 Å². The maximum absolute atomic E-state index is 13.2. The van der Waals surface area contributed by atoms with Crippen molar-refractivity contribution in [3.63, 3.8) is 0 Å². The van der Waals surface area contributed by atoms with Crippen molar-refractivity contribution >= 4 is 17.6 Å². The van der Waals surface area contributed by atoms with Crippen molar-refractivity contribution in [2.45, 2.75) is 38.7 Å². The molecule has 1 aliphatic carbocycles. The monoisotopic (exact) mass is 486 g/mol. The molecule has 0 saturated heterocycles. The molecule has 1 aromatic heterocycles. The lowest BCUT2D eigenvalue weighted by Gasteiger charge is -2.35. The van der Waals surface area contributed by atoms with Crippen LogP contribution in [0.25, 0.3) is 11.1 Å². The molecule has 1 aliphatic heterocycles. The van der Waals surface area contributed by atoms with E-state index in [1.165, 1.54) is 0 Å². The van der Waals surface area contributed by atoms with Gasteiger partial charge in [-0.3, -0.25) is 9.59 Å². The summed E-state index contributed by atoms with van der Waals surface area (Å²) in [6, 6.07) is 19.7. The van der Waals surface area contributed by atoms with Crippen molar-refractivity contribution in [1.82, 2.24) is 4.98 Å². The summed E-state index contributed by atoms with van der Waals surface area (Å²) in [5.74, 6) is 0.280. The Kier molecular flexibility index (Phi) is 6.89. The van der Waals surface area contributed by atoms with Crippen LogP contribution in [0.4, 0.5) is 5.69 Å². The summed E-state index contributed by atoms with van der Waals surface area (Å²) in [4.78, 5) is 30.4. The summed E-state index contributed by atoms with van der Waals surface area (Å²) in [5, 5.41) is 9.02. The average molecular weight is 487 g/mol. The molecule has 1 N–H and O–H groups in total. The molecule has 1 saturated carbocycles. The summed E-state index contributed by atoms with van der Waals surface area (Å²) in [6.07, 6.45) is 4.30. The molecule has 0 spiro atoms. The minimum atomic E-state index is -0.761. The number of amides is 1. The van der Waals surface area contributed by atoms with Gasteiger partial charge in [-0.1, -0.05) is 43.3 Å². The van der Waals surface area contributed by atoms with Crippen LogP contribution in [0.2, 0.25) is 0 Å². The lowest BCUT2D eigenvalue weighted by atomic mass is 10.0. The molecular weight excluding hydrogens is 456 g/mol. The highest BCUT2D eigenvalue weighted by Gasteiger charge is 2.43. The second kappa shape index (κ2) is 10.4. The van der Waals surface area contributed by atoms with E-state index in [4.69, 9.17) is 14.6 Å². The minimum absolute atomic E-state index is 0.0561. The first kappa shape index (κ1) is 23.9. The van der Waals surface area contributed by atoms with Crippen LogP contribution < -0.4 is 14.4 Å². The highest BCUT2D eigenvalue weighted by Crippen LogP contribution is 2.40. The fraction of sp³-hybridized carbons (Fsp3) is 0.345. The SMILES string of the molecule is CCC1CN(C(=O)CCc2ccccc2)c2ccc(-c3ccc(OCC4CC4C(=O)O)nc3)cc2O1. The number of anilines is 1. The molecule has 186 valence electrons. The Morgan fingerprint density at radius 2 is 1.92 bits per heavy atom. The summed E-state index contributed by atoms with van der Waals surface area (Å²) in [7, 11) is 0. The molecule has 36 heavy (non-hydrogen) atoms. The predicted molar refractivity (Wildman–Crippen MR) is 136 cm³/mol. The second-order valence-electron chi connectivity index (χ2n) is 9.46. The van der Waals surface area contributed by atoms with Crippen molar-refractivity contribution in [1.29, 1.82) is 0 Å². The number of carbonyl (C=O) groups is 2. The first-order valence-corrected chi connectivity index (χ1v) is 12.5. The number of hydrogen-bond donors (Lipinski definition) is 1. The van der Waals surface area contributed by atoms with Gasteiger partial charge in [0.15, 0.2) is 0 Å². The summed E-state index contributed by atoms with van der Waals surface area (Å²) in [5.41, 5.74) is 3.80. The predicted octanol–water partition coefficient (Wildman–Crippen LogP) is 4.98. The molecule has 7 nitrogen and oxygen atoms in total. The number of nitrogens with zero attached hydrogens (tertiary/aromatic N) is 2. The van der Waals surface area contributed by atoms with Gasteiger partial charge < -0.3 is 19.5 Å². The lowest BCUT2D eigenvalue weighted by molar-refractivity contribution is -0.139. The van der Waals surface area contributed by atoms with Gasteiger partial charge in [0, 0.05) is 30.2 Å². The number of aliphatic carboxylic acids is 1. The maximum atomic E-state index is 13.2. The fourth-order valence-electron chi connectivity index (χ4n) is 4.57. The third kappa shape index (κ3) is 5.35. The molecule has 2 aromatic carbocycles. The van der Waals surface area contributed by atoms with E-state index in [-0.39, 0.29) is 23.8 Å². The Bertz CT molecular complexity index is 1230. The van der Waals surface area contributed by atoms with E-state index < -0.39 is 5.97 Å². The smallest absolute Gasteiger partial charge is 0.306 e. The Labute approximate surface area is 210 Å². The van der Waals surface area contributed by atoms with E-state index in [1.54, 1.807) is 12.3 Å². The molecular formula is C29H30N2O5. The number of carbonyl (C=O) groups excluding carboxylic acids is 1. The van der Waals surface area contributed by atoms with Gasteiger partial charge in [0.2, 0.25) is 11.8 Å². The van der Waals surface area contributed by atoms with Gasteiger partial charge in [0.05, 0.1) is 24.8 Å². The molecule has 1 amide bonds. The first-order chi connectivity index (χ1) is 17.5. The number of pyridine rings is 1. The molecule has 3 aromatic rings. The number of aromatic nitrogens is 1. The topological polar surface area (TPSA) is 89.0 Å². The average Bonchev–Trinajstić information content (AvgIpc) is 3.71.